The van der Waals surface area contributed by atoms with Crippen molar-refractivity contribution < 1.29 is 4.74 Å². The lowest BCUT2D eigenvalue weighted by molar-refractivity contribution is 0.110. The second-order valence-electron chi connectivity index (χ2n) is 4.83. The van der Waals surface area contributed by atoms with Gasteiger partial charge in [-0.2, -0.15) is 5.26 Å². The van der Waals surface area contributed by atoms with Crippen molar-refractivity contribution in [2.75, 3.05) is 6.61 Å². The van der Waals surface area contributed by atoms with Crippen LogP contribution in [0.1, 0.15) is 36.0 Å². The van der Waals surface area contributed by atoms with Gasteiger partial charge >= 0.3 is 0 Å². The molecule has 1 aromatic rings. The number of ether oxygens (including phenoxy) is 1. The van der Waals surface area contributed by atoms with Gasteiger partial charge in [-0.25, -0.2) is 0 Å². The Morgan fingerprint density at radius 2 is 2.12 bits per heavy atom. The van der Waals surface area contributed by atoms with Crippen LogP contribution in [0.5, 0.6) is 0 Å². The Hall–Kier alpha value is -1.33. The number of nitrogens with zero attached hydrogens (tertiary/aromatic N) is 1. The molecule has 1 aliphatic heterocycles. The summed E-state index contributed by atoms with van der Waals surface area (Å²) in [7, 11) is 0. The van der Waals surface area contributed by atoms with Crippen LogP contribution < -0.4 is 0 Å². The molecule has 82 valence electrons. The molecule has 1 aliphatic carbocycles. The summed E-state index contributed by atoms with van der Waals surface area (Å²) in [4.78, 5) is 0. The smallest absolute Gasteiger partial charge is 0.0822 e. The van der Waals surface area contributed by atoms with Crippen LogP contribution >= 0.6 is 0 Å². The molecule has 0 amide bonds. The average molecular weight is 213 g/mol. The van der Waals surface area contributed by atoms with Gasteiger partial charge in [-0.05, 0) is 42.4 Å². The van der Waals surface area contributed by atoms with Crippen molar-refractivity contribution in [3.05, 3.63) is 34.9 Å². The molecule has 0 unspecified atom stereocenters. The van der Waals surface area contributed by atoms with Gasteiger partial charge in [0.1, 0.15) is 0 Å². The summed E-state index contributed by atoms with van der Waals surface area (Å²) in [6, 6.07) is 9.00. The zero-order valence-electron chi connectivity index (χ0n) is 9.33. The van der Waals surface area contributed by atoms with Gasteiger partial charge in [0.15, 0.2) is 0 Å². The summed E-state index contributed by atoms with van der Waals surface area (Å²) in [5.41, 5.74) is 3.72. The second kappa shape index (κ2) is 3.61. The van der Waals surface area contributed by atoms with E-state index >= 15 is 0 Å². The van der Waals surface area contributed by atoms with Gasteiger partial charge < -0.3 is 4.74 Å². The molecular weight excluding hydrogens is 198 g/mol. The fourth-order valence-corrected chi connectivity index (χ4v) is 2.66. The van der Waals surface area contributed by atoms with Crippen molar-refractivity contribution in [2.24, 2.45) is 0 Å². The fraction of sp³-hybridized carbons (Fsp3) is 0.500. The Bertz CT molecular complexity index is 454. The number of benzene rings is 1. The zero-order valence-corrected chi connectivity index (χ0v) is 9.33. The minimum Gasteiger partial charge on any atom is -0.376 e. The third-order valence-corrected chi connectivity index (χ3v) is 3.95. The normalized spacial score (nSPS) is 21.7. The van der Waals surface area contributed by atoms with Crippen molar-refractivity contribution in [1.82, 2.24) is 0 Å². The first kappa shape index (κ1) is 9.86. The highest BCUT2D eigenvalue weighted by Crippen LogP contribution is 2.43. The molecule has 0 radical (unpaired) electrons. The Labute approximate surface area is 95.8 Å². The maximum Gasteiger partial charge on any atom is 0.0822 e. The van der Waals surface area contributed by atoms with Crippen molar-refractivity contribution in [3.8, 4) is 6.07 Å². The van der Waals surface area contributed by atoms with Gasteiger partial charge in [0, 0.05) is 0 Å². The van der Waals surface area contributed by atoms with Gasteiger partial charge in [-0.15, -0.1) is 0 Å². The molecule has 16 heavy (non-hydrogen) atoms. The van der Waals surface area contributed by atoms with Crippen LogP contribution in [0, 0.1) is 11.3 Å². The first-order valence-electron chi connectivity index (χ1n) is 5.95. The second-order valence-corrected chi connectivity index (χ2v) is 4.83. The van der Waals surface area contributed by atoms with Crippen LogP contribution in [0.3, 0.4) is 0 Å². The minimum atomic E-state index is -0.173. The summed E-state index contributed by atoms with van der Waals surface area (Å²) in [5, 5.41) is 9.32. The van der Waals surface area contributed by atoms with Crippen LogP contribution in [0.25, 0.3) is 0 Å². The fourth-order valence-electron chi connectivity index (χ4n) is 2.66. The standard InChI is InChI=1S/C14H15NO/c15-10-14(5-1-6-14)13-3-2-12-9-16-7-4-11(12)8-13/h2-3,8H,1,4-7,9H2. The third-order valence-electron chi connectivity index (χ3n) is 3.95. The SMILES string of the molecule is N#CC1(c2ccc3c(c2)CCOC3)CCC1. The van der Waals surface area contributed by atoms with Gasteiger partial charge in [0.2, 0.25) is 0 Å². The lowest BCUT2D eigenvalue weighted by Gasteiger charge is -2.36. The largest absolute Gasteiger partial charge is 0.376 e. The molecule has 1 fully saturated rings. The number of hydrogen-bond acceptors (Lipinski definition) is 2. The minimum absolute atomic E-state index is 0.173. The Morgan fingerprint density at radius 3 is 2.81 bits per heavy atom. The van der Waals surface area contributed by atoms with E-state index in [1.165, 1.54) is 23.1 Å². The summed E-state index contributed by atoms with van der Waals surface area (Å²) >= 11 is 0. The molecular formula is C14H15NO. The van der Waals surface area contributed by atoms with E-state index in [1.807, 2.05) is 0 Å². The van der Waals surface area contributed by atoms with E-state index in [1.54, 1.807) is 0 Å². The number of hydrogen-bond donors (Lipinski definition) is 0. The van der Waals surface area contributed by atoms with E-state index in [0.29, 0.717) is 0 Å². The monoisotopic (exact) mass is 213 g/mol. The summed E-state index contributed by atoms with van der Waals surface area (Å²) in [6.45, 7) is 1.55. The molecule has 1 saturated carbocycles. The summed E-state index contributed by atoms with van der Waals surface area (Å²) < 4.78 is 5.42. The van der Waals surface area contributed by atoms with E-state index in [-0.39, 0.29) is 5.41 Å². The quantitative estimate of drug-likeness (QED) is 0.718. The van der Waals surface area contributed by atoms with Crippen LogP contribution in [0.2, 0.25) is 0 Å². The predicted octanol–water partition coefficient (Wildman–Crippen LogP) is 2.70. The van der Waals surface area contributed by atoms with Gasteiger partial charge in [-0.3, -0.25) is 0 Å². The van der Waals surface area contributed by atoms with Crippen molar-refractivity contribution in [2.45, 2.75) is 37.7 Å². The summed E-state index contributed by atoms with van der Waals surface area (Å²) in [6.07, 6.45) is 4.23. The molecule has 1 aromatic carbocycles. The highest BCUT2D eigenvalue weighted by molar-refractivity contribution is 5.41. The first-order chi connectivity index (χ1) is 7.84. The maximum absolute atomic E-state index is 9.32. The van der Waals surface area contributed by atoms with Crippen LogP contribution in [-0.2, 0) is 23.2 Å². The number of rotatable bonds is 1. The lowest BCUT2D eigenvalue weighted by Crippen LogP contribution is -2.32. The van der Waals surface area contributed by atoms with Gasteiger partial charge in [-0.1, -0.05) is 18.2 Å². The molecule has 0 atom stereocenters. The van der Waals surface area contributed by atoms with E-state index in [2.05, 4.69) is 24.3 Å². The molecule has 1 heterocycles. The third kappa shape index (κ3) is 1.36. The van der Waals surface area contributed by atoms with Gasteiger partial charge in [0.05, 0.1) is 24.7 Å². The Kier molecular flexibility index (Phi) is 2.22. The van der Waals surface area contributed by atoms with Crippen molar-refractivity contribution in [1.29, 1.82) is 5.26 Å². The molecule has 0 bridgehead atoms. The van der Waals surface area contributed by atoms with E-state index in [9.17, 15) is 5.26 Å². The first-order valence-corrected chi connectivity index (χ1v) is 5.95. The maximum atomic E-state index is 9.32. The number of nitriles is 1. The molecule has 0 saturated heterocycles. The highest BCUT2D eigenvalue weighted by Gasteiger charge is 2.39. The average Bonchev–Trinajstić information content (AvgIpc) is 2.28. The predicted molar refractivity (Wildman–Crippen MR) is 60.9 cm³/mol. The molecule has 0 aromatic heterocycles. The van der Waals surface area contributed by atoms with Crippen LogP contribution in [0.15, 0.2) is 18.2 Å². The van der Waals surface area contributed by atoms with E-state index < -0.39 is 0 Å². The Morgan fingerprint density at radius 1 is 1.25 bits per heavy atom. The van der Waals surface area contributed by atoms with Gasteiger partial charge in [0.25, 0.3) is 0 Å². The van der Waals surface area contributed by atoms with Crippen LogP contribution in [0.4, 0.5) is 0 Å². The number of fused-ring (bicyclic) bond motifs is 1. The highest BCUT2D eigenvalue weighted by atomic mass is 16.5. The molecule has 0 spiro atoms. The van der Waals surface area contributed by atoms with E-state index in [0.717, 1.165) is 32.5 Å². The zero-order chi connectivity index (χ0) is 11.0. The van der Waals surface area contributed by atoms with Crippen molar-refractivity contribution >= 4 is 0 Å². The van der Waals surface area contributed by atoms with E-state index in [4.69, 9.17) is 4.74 Å². The summed E-state index contributed by atoms with van der Waals surface area (Å²) in [5.74, 6) is 0. The molecule has 0 N–H and O–H groups in total. The van der Waals surface area contributed by atoms with Crippen LogP contribution in [-0.4, -0.2) is 6.61 Å². The van der Waals surface area contributed by atoms with Crippen molar-refractivity contribution in [3.63, 3.8) is 0 Å². The lowest BCUT2D eigenvalue weighted by atomic mass is 9.65. The molecule has 2 heteroatoms. The molecule has 2 aliphatic rings. The topological polar surface area (TPSA) is 33.0 Å². The molecule has 2 nitrogen and oxygen atoms in total. The molecule has 3 rings (SSSR count). The Balaban J connectivity index is 2.00.